The zero-order valence-corrected chi connectivity index (χ0v) is 12.1. The summed E-state index contributed by atoms with van der Waals surface area (Å²) in [6.45, 7) is 0. The van der Waals surface area contributed by atoms with Crippen molar-refractivity contribution in [1.82, 2.24) is 4.98 Å². The van der Waals surface area contributed by atoms with Crippen molar-refractivity contribution < 1.29 is 9.90 Å². The van der Waals surface area contributed by atoms with Crippen LogP contribution in [-0.4, -0.2) is 22.3 Å². The number of H-pyrrole nitrogens is 1. The van der Waals surface area contributed by atoms with E-state index >= 15 is 0 Å². The van der Waals surface area contributed by atoms with Gasteiger partial charge in [0.1, 0.15) is 0 Å². The van der Waals surface area contributed by atoms with Gasteiger partial charge in [-0.05, 0) is 24.3 Å². The summed E-state index contributed by atoms with van der Waals surface area (Å²) in [5.41, 5.74) is 5.36. The number of hydrogen-bond donors (Lipinski definition) is 3. The average molecular weight is 314 g/mol. The van der Waals surface area contributed by atoms with Gasteiger partial charge < -0.3 is 10.1 Å². The molecule has 5 nitrogen and oxygen atoms in total. The minimum atomic E-state index is -1.07. The average Bonchev–Trinajstić information content (AvgIpc) is 2.92. The number of rotatable bonds is 4. The topological polar surface area (TPSA) is 77.5 Å². The highest BCUT2D eigenvalue weighted by atomic mass is 35.5. The first-order chi connectivity index (χ1) is 10.6. The molecule has 0 bridgehead atoms. The van der Waals surface area contributed by atoms with Crippen molar-refractivity contribution in [2.24, 2.45) is 5.10 Å². The molecule has 0 radical (unpaired) electrons. The minimum Gasteiger partial charge on any atom is -0.478 e. The smallest absolute Gasteiger partial charge is 0.337 e. The number of nitrogens with one attached hydrogen (secondary N) is 2. The molecular formula is C16H12ClN3O2. The van der Waals surface area contributed by atoms with E-state index in [0.717, 1.165) is 16.5 Å². The molecule has 3 rings (SSSR count). The molecule has 0 amide bonds. The SMILES string of the molecule is O=C(O)c1cc(N/N=C/c2c[nH]c3ccccc23)ccc1Cl. The first kappa shape index (κ1) is 14.2. The number of aromatic amines is 1. The van der Waals surface area contributed by atoms with Crippen LogP contribution in [0.4, 0.5) is 5.69 Å². The quantitative estimate of drug-likeness (QED) is 0.504. The van der Waals surface area contributed by atoms with Crippen molar-refractivity contribution in [2.45, 2.75) is 0 Å². The van der Waals surface area contributed by atoms with Gasteiger partial charge in [-0.1, -0.05) is 29.8 Å². The minimum absolute atomic E-state index is 0.0361. The summed E-state index contributed by atoms with van der Waals surface area (Å²) in [6.07, 6.45) is 3.54. The summed E-state index contributed by atoms with van der Waals surface area (Å²) in [7, 11) is 0. The second-order valence-corrected chi connectivity index (χ2v) is 5.07. The molecule has 0 aliphatic heterocycles. The largest absolute Gasteiger partial charge is 0.478 e. The van der Waals surface area contributed by atoms with Crippen LogP contribution in [0.1, 0.15) is 15.9 Å². The van der Waals surface area contributed by atoms with Gasteiger partial charge in [0.05, 0.1) is 22.5 Å². The van der Waals surface area contributed by atoms with Gasteiger partial charge in [-0.2, -0.15) is 5.10 Å². The predicted molar refractivity (Wildman–Crippen MR) is 87.9 cm³/mol. The molecule has 6 heteroatoms. The number of para-hydroxylation sites is 1. The lowest BCUT2D eigenvalue weighted by Gasteiger charge is -2.03. The van der Waals surface area contributed by atoms with Crippen LogP contribution < -0.4 is 5.43 Å². The summed E-state index contributed by atoms with van der Waals surface area (Å²) in [4.78, 5) is 14.2. The van der Waals surface area contributed by atoms with Crippen molar-refractivity contribution >= 4 is 40.4 Å². The molecule has 0 fully saturated rings. The molecule has 0 atom stereocenters. The van der Waals surface area contributed by atoms with Crippen LogP contribution in [0, 0.1) is 0 Å². The number of aromatic carboxylic acids is 1. The number of carboxylic acids is 1. The Labute approximate surface area is 131 Å². The Kier molecular flexibility index (Phi) is 3.80. The predicted octanol–water partition coefficient (Wildman–Crippen LogP) is 3.97. The molecular weight excluding hydrogens is 302 g/mol. The van der Waals surface area contributed by atoms with Crippen LogP contribution in [0.3, 0.4) is 0 Å². The third-order valence-corrected chi connectivity index (χ3v) is 3.54. The second-order valence-electron chi connectivity index (χ2n) is 4.66. The maximum absolute atomic E-state index is 11.0. The molecule has 0 aliphatic carbocycles. The second kappa shape index (κ2) is 5.91. The molecule has 22 heavy (non-hydrogen) atoms. The van der Waals surface area contributed by atoms with Gasteiger partial charge in [0, 0.05) is 22.7 Å². The van der Waals surface area contributed by atoms with Crippen molar-refractivity contribution in [1.29, 1.82) is 0 Å². The Morgan fingerprint density at radius 1 is 1.27 bits per heavy atom. The van der Waals surface area contributed by atoms with Gasteiger partial charge in [0.25, 0.3) is 0 Å². The van der Waals surface area contributed by atoms with Crippen LogP contribution in [0.15, 0.2) is 53.8 Å². The van der Waals surface area contributed by atoms with Gasteiger partial charge in [-0.15, -0.1) is 0 Å². The number of benzene rings is 2. The molecule has 2 aromatic carbocycles. The molecule has 3 aromatic rings. The van der Waals surface area contributed by atoms with Crippen molar-refractivity contribution in [3.8, 4) is 0 Å². The van der Waals surface area contributed by atoms with E-state index in [1.165, 1.54) is 12.1 Å². The van der Waals surface area contributed by atoms with E-state index in [0.29, 0.717) is 5.69 Å². The number of aromatic nitrogens is 1. The molecule has 0 saturated heterocycles. The summed E-state index contributed by atoms with van der Waals surface area (Å²) in [6, 6.07) is 12.5. The lowest BCUT2D eigenvalue weighted by Crippen LogP contribution is -1.99. The summed E-state index contributed by atoms with van der Waals surface area (Å²) < 4.78 is 0. The number of hydrogen-bond acceptors (Lipinski definition) is 3. The Hall–Kier alpha value is -2.79. The molecule has 110 valence electrons. The Morgan fingerprint density at radius 2 is 2.09 bits per heavy atom. The number of carbonyl (C=O) groups is 1. The first-order valence-electron chi connectivity index (χ1n) is 6.53. The number of hydrazone groups is 1. The van der Waals surface area contributed by atoms with Gasteiger partial charge >= 0.3 is 5.97 Å². The summed E-state index contributed by atoms with van der Waals surface area (Å²) in [5, 5.41) is 14.4. The molecule has 0 spiro atoms. The number of carboxylic acid groups (broad SMARTS) is 1. The third-order valence-electron chi connectivity index (χ3n) is 3.22. The number of nitrogens with zero attached hydrogens (tertiary/aromatic N) is 1. The third kappa shape index (κ3) is 2.80. The van der Waals surface area contributed by atoms with E-state index in [4.69, 9.17) is 16.7 Å². The highest BCUT2D eigenvalue weighted by Crippen LogP contribution is 2.21. The van der Waals surface area contributed by atoms with E-state index in [9.17, 15) is 4.79 Å². The van der Waals surface area contributed by atoms with Crippen LogP contribution >= 0.6 is 11.6 Å². The highest BCUT2D eigenvalue weighted by Gasteiger charge is 2.08. The van der Waals surface area contributed by atoms with E-state index in [2.05, 4.69) is 15.5 Å². The van der Waals surface area contributed by atoms with Crippen molar-refractivity contribution in [3.63, 3.8) is 0 Å². The van der Waals surface area contributed by atoms with Crippen molar-refractivity contribution in [2.75, 3.05) is 5.43 Å². The number of halogens is 1. The van der Waals surface area contributed by atoms with Crippen molar-refractivity contribution in [3.05, 3.63) is 64.8 Å². The normalized spacial score (nSPS) is 11.1. The Balaban J connectivity index is 1.80. The number of anilines is 1. The molecule has 3 N–H and O–H groups in total. The Morgan fingerprint density at radius 3 is 2.91 bits per heavy atom. The van der Waals surface area contributed by atoms with Gasteiger partial charge in [0.15, 0.2) is 0 Å². The fourth-order valence-corrected chi connectivity index (χ4v) is 2.33. The van der Waals surface area contributed by atoms with Crippen LogP contribution in [0.2, 0.25) is 5.02 Å². The van der Waals surface area contributed by atoms with Crippen LogP contribution in [0.5, 0.6) is 0 Å². The molecule has 0 aliphatic rings. The summed E-state index contributed by atoms with van der Waals surface area (Å²) >= 11 is 5.82. The molecule has 1 aromatic heterocycles. The zero-order valence-electron chi connectivity index (χ0n) is 11.4. The molecule has 0 unspecified atom stereocenters. The summed E-state index contributed by atoms with van der Waals surface area (Å²) in [5.74, 6) is -1.07. The van der Waals surface area contributed by atoms with Crippen LogP contribution in [0.25, 0.3) is 10.9 Å². The number of fused-ring (bicyclic) bond motifs is 1. The molecule has 0 saturated carbocycles. The van der Waals surface area contributed by atoms with E-state index < -0.39 is 5.97 Å². The first-order valence-corrected chi connectivity index (χ1v) is 6.91. The van der Waals surface area contributed by atoms with E-state index in [1.807, 2.05) is 30.5 Å². The van der Waals surface area contributed by atoms with Crippen LogP contribution in [-0.2, 0) is 0 Å². The maximum Gasteiger partial charge on any atom is 0.337 e. The van der Waals surface area contributed by atoms with E-state index in [-0.39, 0.29) is 10.6 Å². The van der Waals surface area contributed by atoms with Gasteiger partial charge in [-0.25, -0.2) is 4.79 Å². The monoisotopic (exact) mass is 313 g/mol. The van der Waals surface area contributed by atoms with Gasteiger partial charge in [0.2, 0.25) is 0 Å². The van der Waals surface area contributed by atoms with Gasteiger partial charge in [-0.3, -0.25) is 5.43 Å². The standard InChI is InChI=1S/C16H12ClN3O2/c17-14-6-5-11(7-13(14)16(21)22)20-19-9-10-8-18-15-4-2-1-3-12(10)15/h1-9,18,20H,(H,21,22)/b19-9+. The lowest BCUT2D eigenvalue weighted by molar-refractivity contribution is 0.0697. The lowest BCUT2D eigenvalue weighted by atomic mass is 10.2. The van der Waals surface area contributed by atoms with E-state index in [1.54, 1.807) is 12.3 Å². The fourth-order valence-electron chi connectivity index (χ4n) is 2.14. The fraction of sp³-hybridized carbons (Fsp3) is 0. The maximum atomic E-state index is 11.0. The zero-order chi connectivity index (χ0) is 15.5. The Bertz CT molecular complexity index is 871. The highest BCUT2D eigenvalue weighted by molar-refractivity contribution is 6.33. The molecule has 1 heterocycles.